The number of Topliss-reactive ketones (excluding diaryl/α,β-unsaturated/α-hetero) is 1. The van der Waals surface area contributed by atoms with Crippen LogP contribution in [0.25, 0.3) is 0 Å². The summed E-state index contributed by atoms with van der Waals surface area (Å²) >= 11 is 0. The number of hydrogen-bond donors (Lipinski definition) is 0. The zero-order valence-corrected chi connectivity index (χ0v) is 16.7. The summed E-state index contributed by atoms with van der Waals surface area (Å²) in [6.07, 6.45) is 2.50. The molecule has 146 valence electrons. The fourth-order valence-electron chi connectivity index (χ4n) is 1.88. The maximum atomic E-state index is 12.8. The highest BCUT2D eigenvalue weighted by Gasteiger charge is 2.56. The third-order valence-corrected chi connectivity index (χ3v) is 9.07. The van der Waals surface area contributed by atoms with Crippen LogP contribution in [0.4, 0.5) is 13.2 Å². The standard InChI is InChI=1S/C15H29F3O4S2/c1-6-8-10-23(11-9-7-2,12-13(19)14(3,4)5)22-24(20,21)15(16,17)18/h6-12H2,1-5H3/p+1. The predicted octanol–water partition coefficient (Wildman–Crippen LogP) is 4.86. The summed E-state index contributed by atoms with van der Waals surface area (Å²) in [5.41, 5.74) is -6.16. The van der Waals surface area contributed by atoms with Crippen LogP contribution in [0.3, 0.4) is 0 Å². The van der Waals surface area contributed by atoms with E-state index in [0.29, 0.717) is 25.7 Å². The maximum absolute atomic E-state index is 12.8. The van der Waals surface area contributed by atoms with E-state index in [0.717, 1.165) is 0 Å². The fourth-order valence-corrected chi connectivity index (χ4v) is 7.76. The van der Waals surface area contributed by atoms with E-state index in [1.807, 2.05) is 13.8 Å². The van der Waals surface area contributed by atoms with E-state index < -0.39 is 31.4 Å². The van der Waals surface area contributed by atoms with Crippen LogP contribution >= 0.6 is 10.3 Å². The molecule has 0 saturated carbocycles. The quantitative estimate of drug-likeness (QED) is 0.301. The normalized spacial score (nSPS) is 14.7. The van der Waals surface area contributed by atoms with Gasteiger partial charge in [0.15, 0.2) is 5.78 Å². The van der Waals surface area contributed by atoms with Crippen molar-refractivity contribution >= 4 is 26.2 Å². The zero-order valence-electron chi connectivity index (χ0n) is 15.1. The second-order valence-electron chi connectivity index (χ2n) is 6.93. The van der Waals surface area contributed by atoms with Crippen molar-refractivity contribution in [2.75, 3.05) is 17.3 Å². The van der Waals surface area contributed by atoms with Gasteiger partial charge in [-0.1, -0.05) is 47.5 Å². The number of unbranched alkanes of at least 4 members (excludes halogenated alkanes) is 2. The monoisotopic (exact) mass is 395 g/mol. The molecule has 0 unspecified atom stereocenters. The van der Waals surface area contributed by atoms with Crippen LogP contribution in [0.15, 0.2) is 0 Å². The van der Waals surface area contributed by atoms with E-state index in [2.05, 4.69) is 3.63 Å². The molecule has 9 heteroatoms. The van der Waals surface area contributed by atoms with Gasteiger partial charge < -0.3 is 0 Å². The largest absolute Gasteiger partial charge is 0.572 e. The van der Waals surface area contributed by atoms with Gasteiger partial charge in [-0.15, -0.1) is 8.42 Å². The maximum Gasteiger partial charge on any atom is 0.572 e. The Morgan fingerprint density at radius 3 is 1.67 bits per heavy atom. The minimum atomic E-state index is -5.60. The number of ketones is 1. The van der Waals surface area contributed by atoms with Crippen LogP contribution in [0.2, 0.25) is 0 Å². The van der Waals surface area contributed by atoms with E-state index in [1.165, 1.54) is 0 Å². The average molecular weight is 396 g/mol. The van der Waals surface area contributed by atoms with Gasteiger partial charge in [-0.3, -0.25) is 8.42 Å². The molecule has 0 heterocycles. The highest BCUT2D eigenvalue weighted by molar-refractivity contribution is 8.32. The summed E-state index contributed by atoms with van der Waals surface area (Å²) in [5, 5.41) is 0. The highest BCUT2D eigenvalue weighted by atomic mass is 32.3. The zero-order chi connectivity index (χ0) is 19.2. The van der Waals surface area contributed by atoms with Gasteiger partial charge in [0.25, 0.3) is 0 Å². The van der Waals surface area contributed by atoms with Crippen LogP contribution in [-0.2, 0) is 14.9 Å². The predicted molar refractivity (Wildman–Crippen MR) is 94.1 cm³/mol. The average Bonchev–Trinajstić information content (AvgIpc) is 2.40. The Bertz CT molecular complexity index is 500. The molecule has 0 aliphatic carbocycles. The molecule has 0 aromatic rings. The number of carbonyl (C=O) groups excluding carboxylic acids is 1. The third kappa shape index (κ3) is 7.31. The Balaban J connectivity index is 5.77. The van der Waals surface area contributed by atoms with Crippen LogP contribution in [-0.4, -0.2) is 40.6 Å². The van der Waals surface area contributed by atoms with Crippen molar-refractivity contribution in [1.82, 2.24) is 0 Å². The van der Waals surface area contributed by atoms with E-state index >= 15 is 0 Å². The lowest BCUT2D eigenvalue weighted by Crippen LogP contribution is -2.37. The Kier molecular flexibility index (Phi) is 8.79. The number of rotatable bonds is 10. The second-order valence-corrected chi connectivity index (χ2v) is 12.0. The van der Waals surface area contributed by atoms with Crippen molar-refractivity contribution in [2.24, 2.45) is 5.41 Å². The van der Waals surface area contributed by atoms with Gasteiger partial charge in [-0.2, -0.15) is 13.2 Å². The molecular formula is C15H30F3O4S2+. The van der Waals surface area contributed by atoms with E-state index in [4.69, 9.17) is 0 Å². The lowest BCUT2D eigenvalue weighted by atomic mass is 9.92. The minimum Gasteiger partial charge on any atom is -0.298 e. The highest BCUT2D eigenvalue weighted by Crippen LogP contribution is 2.52. The lowest BCUT2D eigenvalue weighted by Gasteiger charge is -2.35. The van der Waals surface area contributed by atoms with Gasteiger partial charge in [0, 0.05) is 16.9 Å². The molecule has 0 aromatic heterocycles. The molecule has 0 aliphatic heterocycles. The first-order chi connectivity index (χ1) is 10.7. The first-order valence-corrected chi connectivity index (χ1v) is 11.6. The van der Waals surface area contributed by atoms with Crippen molar-refractivity contribution in [2.45, 2.75) is 65.8 Å². The molecule has 0 radical (unpaired) electrons. The number of halogens is 3. The van der Waals surface area contributed by atoms with Gasteiger partial charge in [0.1, 0.15) is 0 Å². The molecule has 4 nitrogen and oxygen atoms in total. The van der Waals surface area contributed by atoms with Crippen LogP contribution < -0.4 is 0 Å². The Morgan fingerprint density at radius 2 is 1.38 bits per heavy atom. The summed E-state index contributed by atoms with van der Waals surface area (Å²) in [5.74, 6) is 0.0263. The van der Waals surface area contributed by atoms with Crippen molar-refractivity contribution in [3.05, 3.63) is 0 Å². The summed E-state index contributed by atoms with van der Waals surface area (Å²) < 4.78 is 65.1. The van der Waals surface area contributed by atoms with E-state index in [9.17, 15) is 26.4 Å². The van der Waals surface area contributed by atoms with Gasteiger partial charge >= 0.3 is 15.6 Å². The molecular weight excluding hydrogens is 365 g/mol. The molecule has 0 amide bonds. The Labute approximate surface area is 145 Å². The second kappa shape index (κ2) is 8.89. The van der Waals surface area contributed by atoms with Crippen molar-refractivity contribution in [3.63, 3.8) is 0 Å². The summed E-state index contributed by atoms with van der Waals surface area (Å²) in [7, 11) is -8.17. The summed E-state index contributed by atoms with van der Waals surface area (Å²) in [4.78, 5) is 12.4. The first kappa shape index (κ1) is 23.7. The van der Waals surface area contributed by atoms with Crippen molar-refractivity contribution < 1.29 is 30.0 Å². The summed E-state index contributed by atoms with van der Waals surface area (Å²) in [6.45, 7) is 8.77. The molecule has 0 aromatic carbocycles. The summed E-state index contributed by atoms with van der Waals surface area (Å²) in [6, 6.07) is 0. The van der Waals surface area contributed by atoms with Crippen LogP contribution in [0.5, 0.6) is 0 Å². The number of hydrogen-bond acceptors (Lipinski definition) is 3. The minimum absolute atomic E-state index is 0.203. The Hall–Kier alpha value is -0.280. The Morgan fingerprint density at radius 1 is 0.958 bits per heavy atom. The fraction of sp³-hybridized carbons (Fsp3) is 0.933. The van der Waals surface area contributed by atoms with Gasteiger partial charge in [-0.05, 0) is 23.2 Å². The molecule has 1 N–H and O–H groups in total. The van der Waals surface area contributed by atoms with Gasteiger partial charge in [0.05, 0.1) is 5.75 Å². The topological polar surface area (TPSA) is 64.0 Å². The molecule has 0 saturated heterocycles. The third-order valence-electron chi connectivity index (χ3n) is 3.54. The lowest BCUT2D eigenvalue weighted by molar-refractivity contribution is -0.123. The molecule has 0 aliphatic rings. The van der Waals surface area contributed by atoms with Gasteiger partial charge in [-0.25, -0.2) is 0 Å². The molecule has 0 bridgehead atoms. The molecule has 24 heavy (non-hydrogen) atoms. The van der Waals surface area contributed by atoms with Crippen molar-refractivity contribution in [1.29, 1.82) is 0 Å². The van der Waals surface area contributed by atoms with Gasteiger partial charge in [0.2, 0.25) is 0 Å². The molecule has 0 atom stereocenters. The first-order valence-electron chi connectivity index (χ1n) is 8.06. The molecule has 0 spiro atoms. The SMILES string of the molecule is CCCCS(CCCC)(CC(=O)C(C)(C)C)[OH+]S(=O)(=O)C(F)(F)F. The van der Waals surface area contributed by atoms with E-state index in [1.54, 1.807) is 20.8 Å². The number of carbonyl (C=O) groups is 1. The van der Waals surface area contributed by atoms with Crippen LogP contribution in [0.1, 0.15) is 60.3 Å². The van der Waals surface area contributed by atoms with E-state index in [-0.39, 0.29) is 23.0 Å². The number of alkyl halides is 3. The molecule has 0 fully saturated rings. The molecule has 0 rings (SSSR count). The van der Waals surface area contributed by atoms with Crippen molar-refractivity contribution in [3.8, 4) is 0 Å². The smallest absolute Gasteiger partial charge is 0.298 e. The van der Waals surface area contributed by atoms with Crippen LogP contribution in [0, 0.1) is 5.41 Å².